The predicted octanol–water partition coefficient (Wildman–Crippen LogP) is 0.767. The van der Waals surface area contributed by atoms with Crippen molar-refractivity contribution in [3.05, 3.63) is 0 Å². The molecule has 0 bridgehead atoms. The molecule has 1 rings (SSSR count). The van der Waals surface area contributed by atoms with E-state index in [1.54, 1.807) is 0 Å². The number of rotatable bonds is 4. The number of aliphatic carboxylic acids is 1. The van der Waals surface area contributed by atoms with E-state index in [1.165, 1.54) is 6.92 Å². The first-order valence-corrected chi connectivity index (χ1v) is 4.50. The maximum absolute atomic E-state index is 10.7. The smallest absolute Gasteiger partial charge is 0.303 e. The SMILES string of the molecule is CC(=O)NCC1(CC(=O)O)CCC1. The molecule has 0 aliphatic heterocycles. The molecule has 0 aromatic carbocycles. The van der Waals surface area contributed by atoms with Gasteiger partial charge in [-0.15, -0.1) is 0 Å². The minimum atomic E-state index is -0.773. The highest BCUT2D eigenvalue weighted by Gasteiger charge is 2.38. The molecule has 1 amide bonds. The number of carboxylic acid groups (broad SMARTS) is 1. The van der Waals surface area contributed by atoms with Gasteiger partial charge in [-0.25, -0.2) is 0 Å². The number of carboxylic acids is 1. The standard InChI is InChI=1S/C9H15NO3/c1-7(11)10-6-9(3-2-4-9)5-8(12)13/h2-6H2,1H3,(H,10,11)(H,12,13). The maximum Gasteiger partial charge on any atom is 0.303 e. The molecule has 2 N–H and O–H groups in total. The third-order valence-electron chi connectivity index (χ3n) is 2.65. The second-order valence-corrected chi connectivity index (χ2v) is 3.83. The first-order valence-electron chi connectivity index (χ1n) is 4.50. The molecule has 0 radical (unpaired) electrons. The molecule has 0 aromatic rings. The Bertz CT molecular complexity index is 221. The fourth-order valence-electron chi connectivity index (χ4n) is 1.73. The highest BCUT2D eigenvalue weighted by Crippen LogP contribution is 2.43. The van der Waals surface area contributed by atoms with Crippen LogP contribution in [0.3, 0.4) is 0 Å². The van der Waals surface area contributed by atoms with E-state index in [-0.39, 0.29) is 17.7 Å². The molecular weight excluding hydrogens is 170 g/mol. The summed E-state index contributed by atoms with van der Waals surface area (Å²) in [4.78, 5) is 21.2. The Hall–Kier alpha value is -1.06. The number of carbonyl (C=O) groups is 2. The van der Waals surface area contributed by atoms with Crippen molar-refractivity contribution in [1.29, 1.82) is 0 Å². The molecule has 13 heavy (non-hydrogen) atoms. The van der Waals surface area contributed by atoms with Gasteiger partial charge in [0.05, 0.1) is 6.42 Å². The first-order chi connectivity index (χ1) is 6.04. The molecule has 0 atom stereocenters. The Morgan fingerprint density at radius 2 is 2.08 bits per heavy atom. The average molecular weight is 185 g/mol. The van der Waals surface area contributed by atoms with Crippen LogP contribution in [0.25, 0.3) is 0 Å². The minimum absolute atomic E-state index is 0.0864. The van der Waals surface area contributed by atoms with Crippen LogP contribution in [-0.2, 0) is 9.59 Å². The molecule has 4 nitrogen and oxygen atoms in total. The Labute approximate surface area is 77.3 Å². The quantitative estimate of drug-likeness (QED) is 0.679. The van der Waals surface area contributed by atoms with Crippen molar-refractivity contribution < 1.29 is 14.7 Å². The van der Waals surface area contributed by atoms with Crippen molar-refractivity contribution in [2.45, 2.75) is 32.6 Å². The highest BCUT2D eigenvalue weighted by molar-refractivity contribution is 5.73. The van der Waals surface area contributed by atoms with E-state index in [0.717, 1.165) is 19.3 Å². The normalized spacial score (nSPS) is 18.8. The average Bonchev–Trinajstić information content (AvgIpc) is 1.93. The molecule has 0 aromatic heterocycles. The van der Waals surface area contributed by atoms with Gasteiger partial charge in [-0.1, -0.05) is 6.42 Å². The molecular formula is C9H15NO3. The fourth-order valence-corrected chi connectivity index (χ4v) is 1.73. The number of hydrogen-bond acceptors (Lipinski definition) is 2. The minimum Gasteiger partial charge on any atom is -0.481 e. The number of nitrogens with one attached hydrogen (secondary N) is 1. The van der Waals surface area contributed by atoms with E-state index in [9.17, 15) is 9.59 Å². The first kappa shape index (κ1) is 10.0. The summed E-state index contributed by atoms with van der Waals surface area (Å²) in [5, 5.41) is 11.4. The van der Waals surface area contributed by atoms with Gasteiger partial charge in [-0.05, 0) is 18.3 Å². The Kier molecular flexibility index (Phi) is 2.90. The Morgan fingerprint density at radius 1 is 1.46 bits per heavy atom. The molecule has 1 saturated carbocycles. The molecule has 74 valence electrons. The third kappa shape index (κ3) is 2.72. The van der Waals surface area contributed by atoms with Crippen LogP contribution < -0.4 is 5.32 Å². The van der Waals surface area contributed by atoms with Gasteiger partial charge in [0.15, 0.2) is 0 Å². The van der Waals surface area contributed by atoms with Crippen molar-refractivity contribution in [2.24, 2.45) is 5.41 Å². The van der Waals surface area contributed by atoms with E-state index < -0.39 is 5.97 Å². The lowest BCUT2D eigenvalue weighted by Crippen LogP contribution is -2.42. The van der Waals surface area contributed by atoms with Gasteiger partial charge in [-0.3, -0.25) is 9.59 Å². The summed E-state index contributed by atoms with van der Waals surface area (Å²) in [5.74, 6) is -0.860. The summed E-state index contributed by atoms with van der Waals surface area (Å²) < 4.78 is 0. The Morgan fingerprint density at radius 3 is 2.38 bits per heavy atom. The van der Waals surface area contributed by atoms with Crippen molar-refractivity contribution >= 4 is 11.9 Å². The summed E-state index contributed by atoms with van der Waals surface area (Å²) in [7, 11) is 0. The maximum atomic E-state index is 10.7. The second-order valence-electron chi connectivity index (χ2n) is 3.83. The van der Waals surface area contributed by atoms with Gasteiger partial charge in [0.2, 0.25) is 5.91 Å². The van der Waals surface area contributed by atoms with Crippen molar-refractivity contribution in [3.8, 4) is 0 Å². The summed E-state index contributed by atoms with van der Waals surface area (Å²) in [6.07, 6.45) is 3.08. The predicted molar refractivity (Wildman–Crippen MR) is 47.2 cm³/mol. The Balaban J connectivity index is 2.40. The second kappa shape index (κ2) is 3.77. The van der Waals surface area contributed by atoms with Gasteiger partial charge >= 0.3 is 5.97 Å². The van der Waals surface area contributed by atoms with E-state index in [1.807, 2.05) is 0 Å². The molecule has 0 saturated heterocycles. The van der Waals surface area contributed by atoms with Crippen molar-refractivity contribution in [1.82, 2.24) is 5.32 Å². The zero-order chi connectivity index (χ0) is 9.90. The van der Waals surface area contributed by atoms with Crippen LogP contribution in [0.1, 0.15) is 32.6 Å². The van der Waals surface area contributed by atoms with E-state index in [2.05, 4.69) is 5.32 Å². The van der Waals surface area contributed by atoms with Crippen LogP contribution >= 0.6 is 0 Å². The molecule has 0 heterocycles. The summed E-state index contributed by atoms with van der Waals surface area (Å²) in [5.41, 5.74) is -0.155. The molecule has 1 aliphatic carbocycles. The summed E-state index contributed by atoms with van der Waals surface area (Å²) >= 11 is 0. The highest BCUT2D eigenvalue weighted by atomic mass is 16.4. The lowest BCUT2D eigenvalue weighted by molar-refractivity contribution is -0.141. The monoisotopic (exact) mass is 185 g/mol. The lowest BCUT2D eigenvalue weighted by atomic mass is 9.66. The molecule has 4 heteroatoms. The number of hydrogen-bond donors (Lipinski definition) is 2. The van der Waals surface area contributed by atoms with Crippen LogP contribution in [-0.4, -0.2) is 23.5 Å². The summed E-state index contributed by atoms with van der Waals surface area (Å²) in [6, 6.07) is 0. The molecule has 1 aliphatic rings. The zero-order valence-electron chi connectivity index (χ0n) is 7.80. The van der Waals surface area contributed by atoms with Crippen LogP contribution in [0.2, 0.25) is 0 Å². The van der Waals surface area contributed by atoms with E-state index in [4.69, 9.17) is 5.11 Å². The van der Waals surface area contributed by atoms with Gasteiger partial charge < -0.3 is 10.4 Å². The largest absolute Gasteiger partial charge is 0.481 e. The summed E-state index contributed by atoms with van der Waals surface area (Å²) in [6.45, 7) is 1.96. The van der Waals surface area contributed by atoms with Gasteiger partial charge in [-0.2, -0.15) is 0 Å². The van der Waals surface area contributed by atoms with Gasteiger partial charge in [0.25, 0.3) is 0 Å². The van der Waals surface area contributed by atoms with E-state index in [0.29, 0.717) is 6.54 Å². The van der Waals surface area contributed by atoms with Crippen LogP contribution in [0, 0.1) is 5.41 Å². The van der Waals surface area contributed by atoms with Crippen LogP contribution in [0.4, 0.5) is 0 Å². The third-order valence-corrected chi connectivity index (χ3v) is 2.65. The van der Waals surface area contributed by atoms with Crippen LogP contribution in [0.5, 0.6) is 0 Å². The molecule has 0 spiro atoms. The lowest BCUT2D eigenvalue weighted by Gasteiger charge is -2.40. The van der Waals surface area contributed by atoms with E-state index >= 15 is 0 Å². The molecule has 0 unspecified atom stereocenters. The topological polar surface area (TPSA) is 66.4 Å². The van der Waals surface area contributed by atoms with Crippen molar-refractivity contribution in [2.75, 3.05) is 6.54 Å². The fraction of sp³-hybridized carbons (Fsp3) is 0.778. The number of carbonyl (C=O) groups excluding carboxylic acids is 1. The molecule has 1 fully saturated rings. The van der Waals surface area contributed by atoms with Gasteiger partial charge in [0, 0.05) is 13.5 Å². The van der Waals surface area contributed by atoms with Crippen LogP contribution in [0.15, 0.2) is 0 Å². The van der Waals surface area contributed by atoms with Crippen molar-refractivity contribution in [3.63, 3.8) is 0 Å². The zero-order valence-corrected chi connectivity index (χ0v) is 7.80. The number of amides is 1. The van der Waals surface area contributed by atoms with Gasteiger partial charge in [0.1, 0.15) is 0 Å².